The van der Waals surface area contributed by atoms with Crippen molar-refractivity contribution in [3.63, 3.8) is 0 Å². The predicted octanol–water partition coefficient (Wildman–Crippen LogP) is 3.35. The first kappa shape index (κ1) is 15.0. The average molecular weight is 286 g/mol. The zero-order valence-corrected chi connectivity index (χ0v) is 11.5. The summed E-state index contributed by atoms with van der Waals surface area (Å²) in [6.07, 6.45) is 1.09. The summed E-state index contributed by atoms with van der Waals surface area (Å²) < 4.78 is 35.6. The Morgan fingerprint density at radius 3 is 2.82 bits per heavy atom. The van der Waals surface area contributed by atoms with Gasteiger partial charge in [-0.05, 0) is 24.1 Å². The van der Waals surface area contributed by atoms with Crippen molar-refractivity contribution in [3.8, 4) is 0 Å². The van der Waals surface area contributed by atoms with Crippen LogP contribution in [0.15, 0.2) is 4.99 Å². The van der Waals surface area contributed by atoms with E-state index in [2.05, 4.69) is 24.2 Å². The van der Waals surface area contributed by atoms with Crippen molar-refractivity contribution < 1.29 is 13.2 Å². The highest BCUT2D eigenvalue weighted by Crippen LogP contribution is 2.29. The summed E-state index contributed by atoms with van der Waals surface area (Å²) in [5, 5.41) is 4.22. The number of halogens is 3. The van der Waals surface area contributed by atoms with Crippen LogP contribution in [0, 0.1) is 5.92 Å². The number of nitrogens with one attached hydrogen (secondary N) is 1. The minimum atomic E-state index is -4.13. The van der Waals surface area contributed by atoms with Crippen LogP contribution in [-0.2, 0) is 0 Å². The van der Waals surface area contributed by atoms with E-state index in [1.165, 1.54) is 0 Å². The molecule has 0 saturated heterocycles. The van der Waals surface area contributed by atoms with E-state index in [0.29, 0.717) is 17.7 Å². The third-order valence-corrected chi connectivity index (χ3v) is 4.00. The molecule has 2 nitrogen and oxygen atoms in total. The molecule has 0 aromatic carbocycles. The monoisotopic (exact) mass is 286 g/mol. The molecule has 0 bridgehead atoms. The first-order valence-corrected chi connectivity index (χ1v) is 7.39. The lowest BCUT2D eigenvalue weighted by Crippen LogP contribution is -2.23. The maximum atomic E-state index is 11.9. The Morgan fingerprint density at radius 1 is 1.53 bits per heavy atom. The van der Waals surface area contributed by atoms with E-state index in [9.17, 15) is 13.2 Å². The molecule has 1 N–H and O–H groups in total. The highest BCUT2D eigenvalue weighted by atomic mass is 32.2. The molecule has 7 heteroatoms. The number of rotatable bonds is 5. The van der Waals surface area contributed by atoms with Crippen molar-refractivity contribution >= 4 is 28.7 Å². The first-order chi connectivity index (χ1) is 7.87. The van der Waals surface area contributed by atoms with Crippen LogP contribution >= 0.6 is 23.5 Å². The molecule has 100 valence electrons. The number of thioether (sulfide) groups is 2. The Hall–Kier alpha value is -0.0400. The third-order valence-electron chi connectivity index (χ3n) is 2.10. The van der Waals surface area contributed by atoms with Crippen LogP contribution in [0.4, 0.5) is 13.2 Å². The van der Waals surface area contributed by atoms with Crippen LogP contribution in [0.1, 0.15) is 20.3 Å². The Morgan fingerprint density at radius 2 is 2.24 bits per heavy atom. The van der Waals surface area contributed by atoms with Gasteiger partial charge < -0.3 is 5.32 Å². The molecule has 0 spiro atoms. The third kappa shape index (κ3) is 7.08. The lowest BCUT2D eigenvalue weighted by molar-refractivity contribution is -0.0327. The molecule has 0 fully saturated rings. The zero-order chi connectivity index (χ0) is 12.9. The average Bonchev–Trinajstić information content (AvgIpc) is 2.58. The van der Waals surface area contributed by atoms with E-state index in [0.717, 1.165) is 18.1 Å². The molecule has 0 amide bonds. The smallest absolute Gasteiger partial charge is 0.364 e. The molecule has 1 heterocycles. The Bertz CT molecular complexity index is 267. The standard InChI is InChI=1S/C10H17F3N2S2/c1-7(2)5-8-6-15-9(17-8)14-3-4-16-10(11,12)13/h7-8H,3-6H2,1-2H3,(H,14,15). The van der Waals surface area contributed by atoms with Crippen molar-refractivity contribution in [3.05, 3.63) is 0 Å². The SMILES string of the molecule is CC(C)CC1CN=C(NCCSC(F)(F)F)S1. The van der Waals surface area contributed by atoms with Crippen molar-refractivity contribution in [2.45, 2.75) is 31.0 Å². The second-order valence-electron chi connectivity index (χ2n) is 4.24. The van der Waals surface area contributed by atoms with Crippen LogP contribution < -0.4 is 5.32 Å². The molecule has 1 rings (SSSR count). The summed E-state index contributed by atoms with van der Waals surface area (Å²) in [5.74, 6) is 0.653. The predicted molar refractivity (Wildman–Crippen MR) is 69.7 cm³/mol. The van der Waals surface area contributed by atoms with Gasteiger partial charge >= 0.3 is 5.51 Å². The summed E-state index contributed by atoms with van der Waals surface area (Å²) in [6, 6.07) is 0. The van der Waals surface area contributed by atoms with Gasteiger partial charge in [-0.2, -0.15) is 13.2 Å². The Balaban J connectivity index is 2.10. The fraction of sp³-hybridized carbons (Fsp3) is 0.900. The van der Waals surface area contributed by atoms with Gasteiger partial charge in [0.25, 0.3) is 0 Å². The number of hydrogen-bond acceptors (Lipinski definition) is 4. The lowest BCUT2D eigenvalue weighted by Gasteiger charge is -2.11. The normalized spacial score (nSPS) is 20.8. The van der Waals surface area contributed by atoms with Gasteiger partial charge in [0, 0.05) is 17.5 Å². The summed E-state index contributed by atoms with van der Waals surface area (Å²) in [5.41, 5.74) is -4.13. The number of nitrogens with zero attached hydrogens (tertiary/aromatic N) is 1. The number of alkyl halides is 3. The molecular formula is C10H17F3N2S2. The van der Waals surface area contributed by atoms with Gasteiger partial charge in [0.05, 0.1) is 6.54 Å². The van der Waals surface area contributed by atoms with Gasteiger partial charge in [0.1, 0.15) is 0 Å². The summed E-state index contributed by atoms with van der Waals surface area (Å²) in [7, 11) is 0. The Labute approximate surface area is 108 Å². The fourth-order valence-corrected chi connectivity index (χ4v) is 3.20. The quantitative estimate of drug-likeness (QED) is 0.784. The van der Waals surface area contributed by atoms with E-state index in [1.54, 1.807) is 11.8 Å². The van der Waals surface area contributed by atoms with Crippen molar-refractivity contribution in [1.82, 2.24) is 5.32 Å². The molecule has 0 aromatic rings. The fourth-order valence-electron chi connectivity index (χ4n) is 1.49. The van der Waals surface area contributed by atoms with Gasteiger partial charge in [-0.25, -0.2) is 0 Å². The largest absolute Gasteiger partial charge is 0.441 e. The Kier molecular flexibility index (Phi) is 5.99. The molecule has 1 aliphatic heterocycles. The minimum Gasteiger partial charge on any atom is -0.364 e. The molecule has 0 radical (unpaired) electrons. The van der Waals surface area contributed by atoms with Crippen molar-refractivity contribution in [1.29, 1.82) is 0 Å². The lowest BCUT2D eigenvalue weighted by atomic mass is 10.1. The van der Waals surface area contributed by atoms with Crippen LogP contribution in [0.3, 0.4) is 0 Å². The minimum absolute atomic E-state index is 0.00163. The van der Waals surface area contributed by atoms with Gasteiger partial charge in [0.15, 0.2) is 5.17 Å². The molecule has 1 aliphatic rings. The highest BCUT2D eigenvalue weighted by molar-refractivity contribution is 8.14. The summed E-state index contributed by atoms with van der Waals surface area (Å²) in [4.78, 5) is 4.28. The number of aliphatic imine (C=N–C) groups is 1. The van der Waals surface area contributed by atoms with Crippen LogP contribution in [0.25, 0.3) is 0 Å². The first-order valence-electron chi connectivity index (χ1n) is 5.52. The molecule has 0 saturated carbocycles. The van der Waals surface area contributed by atoms with E-state index in [4.69, 9.17) is 0 Å². The topological polar surface area (TPSA) is 24.4 Å². The maximum absolute atomic E-state index is 11.9. The molecule has 0 aliphatic carbocycles. The summed E-state index contributed by atoms with van der Waals surface area (Å²) >= 11 is 1.65. The second kappa shape index (κ2) is 6.78. The van der Waals surface area contributed by atoms with Gasteiger partial charge in [-0.3, -0.25) is 4.99 Å². The van der Waals surface area contributed by atoms with Crippen LogP contribution in [0.2, 0.25) is 0 Å². The molecular weight excluding hydrogens is 269 g/mol. The van der Waals surface area contributed by atoms with Gasteiger partial charge in [0.2, 0.25) is 0 Å². The second-order valence-corrected chi connectivity index (χ2v) is 6.69. The van der Waals surface area contributed by atoms with Crippen LogP contribution in [0.5, 0.6) is 0 Å². The van der Waals surface area contributed by atoms with Gasteiger partial charge in [-0.15, -0.1) is 0 Å². The number of hydrogen-bond donors (Lipinski definition) is 1. The maximum Gasteiger partial charge on any atom is 0.441 e. The van der Waals surface area contributed by atoms with Crippen LogP contribution in [-0.4, -0.2) is 34.8 Å². The van der Waals surface area contributed by atoms with Crippen molar-refractivity contribution in [2.75, 3.05) is 18.8 Å². The van der Waals surface area contributed by atoms with E-state index in [1.807, 2.05) is 0 Å². The summed E-state index contributed by atoms with van der Waals surface area (Å²) in [6.45, 7) is 5.40. The molecule has 17 heavy (non-hydrogen) atoms. The van der Waals surface area contributed by atoms with Gasteiger partial charge in [-0.1, -0.05) is 25.6 Å². The van der Waals surface area contributed by atoms with E-state index < -0.39 is 5.51 Å². The van der Waals surface area contributed by atoms with Crippen molar-refractivity contribution in [2.24, 2.45) is 10.9 Å². The highest BCUT2D eigenvalue weighted by Gasteiger charge is 2.27. The van der Waals surface area contributed by atoms with E-state index >= 15 is 0 Å². The zero-order valence-electron chi connectivity index (χ0n) is 9.88. The van der Waals surface area contributed by atoms with E-state index in [-0.39, 0.29) is 17.5 Å². The number of amidine groups is 1. The molecule has 1 unspecified atom stereocenters. The molecule has 0 aromatic heterocycles. The molecule has 1 atom stereocenters.